The summed E-state index contributed by atoms with van der Waals surface area (Å²) < 4.78 is 0. The first-order chi connectivity index (χ1) is 7.67. The van der Waals surface area contributed by atoms with Crippen LogP contribution in [-0.2, 0) is 12.8 Å². The predicted molar refractivity (Wildman–Crippen MR) is 66.1 cm³/mol. The van der Waals surface area contributed by atoms with Crippen molar-refractivity contribution in [2.45, 2.75) is 46.5 Å². The van der Waals surface area contributed by atoms with Crippen LogP contribution in [0.2, 0.25) is 0 Å². The van der Waals surface area contributed by atoms with E-state index in [-0.39, 0.29) is 0 Å². The van der Waals surface area contributed by atoms with Gasteiger partial charge in [0, 0.05) is 12.8 Å². The molecule has 1 aromatic heterocycles. The molecule has 0 aromatic carbocycles. The summed E-state index contributed by atoms with van der Waals surface area (Å²) in [7, 11) is 0. The molecule has 3 N–H and O–H groups in total. The van der Waals surface area contributed by atoms with Crippen LogP contribution in [0, 0.1) is 11.8 Å². The molecule has 0 amide bonds. The van der Waals surface area contributed by atoms with Crippen LogP contribution in [0.1, 0.15) is 45.3 Å². The first-order valence-electron chi connectivity index (χ1n) is 6.27. The van der Waals surface area contributed by atoms with E-state index in [1.54, 1.807) is 0 Å². The van der Waals surface area contributed by atoms with Gasteiger partial charge in [0.2, 0.25) is 0 Å². The Kier molecular flexibility index (Phi) is 5.46. The second-order valence-electron chi connectivity index (χ2n) is 4.67. The van der Waals surface area contributed by atoms with Crippen molar-refractivity contribution in [3.63, 3.8) is 0 Å². The molecule has 0 radical (unpaired) electrons. The van der Waals surface area contributed by atoms with Gasteiger partial charge in [-0.3, -0.25) is 5.10 Å². The van der Waals surface area contributed by atoms with E-state index in [0.717, 1.165) is 43.9 Å². The molecule has 16 heavy (non-hydrogen) atoms. The lowest BCUT2D eigenvalue weighted by molar-refractivity contribution is 0.339. The zero-order chi connectivity index (χ0) is 12.0. The molecular weight excluding hydrogens is 200 g/mol. The molecule has 1 atom stereocenters. The molecule has 4 heteroatoms. The third-order valence-corrected chi connectivity index (χ3v) is 3.13. The average molecular weight is 224 g/mol. The number of H-pyrrole nitrogens is 1. The highest BCUT2D eigenvalue weighted by atomic mass is 15.2. The summed E-state index contributed by atoms with van der Waals surface area (Å²) in [5.41, 5.74) is 5.63. The highest BCUT2D eigenvalue weighted by Crippen LogP contribution is 2.20. The summed E-state index contributed by atoms with van der Waals surface area (Å²) in [6.45, 7) is 7.37. The van der Waals surface area contributed by atoms with E-state index in [2.05, 4.69) is 36.0 Å². The van der Waals surface area contributed by atoms with E-state index in [1.165, 1.54) is 0 Å². The van der Waals surface area contributed by atoms with Gasteiger partial charge in [-0.05, 0) is 31.2 Å². The summed E-state index contributed by atoms with van der Waals surface area (Å²) in [4.78, 5) is 4.42. The Morgan fingerprint density at radius 3 is 2.56 bits per heavy atom. The van der Waals surface area contributed by atoms with Gasteiger partial charge in [-0.25, -0.2) is 4.98 Å². The first kappa shape index (κ1) is 13.2. The molecule has 0 saturated carbocycles. The lowest BCUT2D eigenvalue weighted by atomic mass is 9.88. The number of nitrogens with one attached hydrogen (secondary N) is 1. The van der Waals surface area contributed by atoms with Crippen LogP contribution >= 0.6 is 0 Å². The summed E-state index contributed by atoms with van der Waals surface area (Å²) >= 11 is 0. The Morgan fingerprint density at radius 2 is 2.06 bits per heavy atom. The topological polar surface area (TPSA) is 67.6 Å². The lowest BCUT2D eigenvalue weighted by Crippen LogP contribution is -2.15. The van der Waals surface area contributed by atoms with Crippen LogP contribution in [0.5, 0.6) is 0 Å². The van der Waals surface area contributed by atoms with Crippen molar-refractivity contribution >= 4 is 0 Å². The quantitative estimate of drug-likeness (QED) is 0.743. The lowest BCUT2D eigenvalue weighted by Gasteiger charge is -2.19. The molecule has 0 saturated heterocycles. The van der Waals surface area contributed by atoms with Crippen molar-refractivity contribution in [1.82, 2.24) is 15.2 Å². The Morgan fingerprint density at radius 1 is 1.31 bits per heavy atom. The van der Waals surface area contributed by atoms with Crippen LogP contribution in [0.25, 0.3) is 0 Å². The third kappa shape index (κ3) is 3.93. The summed E-state index contributed by atoms with van der Waals surface area (Å²) in [5.74, 6) is 3.31. The van der Waals surface area contributed by atoms with E-state index >= 15 is 0 Å². The van der Waals surface area contributed by atoms with E-state index in [4.69, 9.17) is 5.73 Å². The number of aromatic amines is 1. The van der Waals surface area contributed by atoms with Crippen molar-refractivity contribution in [3.05, 3.63) is 11.6 Å². The second-order valence-corrected chi connectivity index (χ2v) is 4.67. The predicted octanol–water partition coefficient (Wildman–Crippen LogP) is 1.92. The molecule has 0 bridgehead atoms. The summed E-state index contributed by atoms with van der Waals surface area (Å²) in [6.07, 6.45) is 4.13. The van der Waals surface area contributed by atoms with Gasteiger partial charge in [-0.1, -0.05) is 20.8 Å². The number of nitrogens with zero attached hydrogens (tertiary/aromatic N) is 2. The van der Waals surface area contributed by atoms with Gasteiger partial charge < -0.3 is 5.73 Å². The van der Waals surface area contributed by atoms with Crippen molar-refractivity contribution in [3.8, 4) is 0 Å². The highest BCUT2D eigenvalue weighted by Gasteiger charge is 2.13. The SMILES string of the molecule is CCc1n[nH]c(CCC(CCN)C(C)C)n1. The Balaban J connectivity index is 2.42. The number of aromatic nitrogens is 3. The molecule has 1 aromatic rings. The number of nitrogens with two attached hydrogens (primary N) is 1. The van der Waals surface area contributed by atoms with Gasteiger partial charge in [0.1, 0.15) is 11.6 Å². The molecule has 0 aliphatic carbocycles. The van der Waals surface area contributed by atoms with Gasteiger partial charge in [0.15, 0.2) is 0 Å². The Bertz CT molecular complexity index is 293. The molecule has 1 unspecified atom stereocenters. The molecule has 0 aliphatic heterocycles. The fraction of sp³-hybridized carbons (Fsp3) is 0.833. The van der Waals surface area contributed by atoms with E-state index < -0.39 is 0 Å². The van der Waals surface area contributed by atoms with Gasteiger partial charge in [-0.2, -0.15) is 5.10 Å². The maximum atomic E-state index is 5.63. The largest absolute Gasteiger partial charge is 0.330 e. The number of aryl methyl sites for hydroxylation is 2. The smallest absolute Gasteiger partial charge is 0.150 e. The monoisotopic (exact) mass is 224 g/mol. The number of rotatable bonds is 7. The van der Waals surface area contributed by atoms with Gasteiger partial charge in [0.25, 0.3) is 0 Å². The van der Waals surface area contributed by atoms with E-state index in [1.807, 2.05) is 0 Å². The second kappa shape index (κ2) is 6.63. The molecule has 1 heterocycles. The zero-order valence-electron chi connectivity index (χ0n) is 10.7. The van der Waals surface area contributed by atoms with E-state index in [0.29, 0.717) is 11.8 Å². The minimum atomic E-state index is 0.692. The maximum absolute atomic E-state index is 5.63. The molecule has 0 fully saturated rings. The zero-order valence-corrected chi connectivity index (χ0v) is 10.7. The van der Waals surface area contributed by atoms with Crippen LogP contribution in [0.3, 0.4) is 0 Å². The van der Waals surface area contributed by atoms with Crippen molar-refractivity contribution in [1.29, 1.82) is 0 Å². The maximum Gasteiger partial charge on any atom is 0.150 e. The first-order valence-corrected chi connectivity index (χ1v) is 6.27. The number of hydrogen-bond acceptors (Lipinski definition) is 3. The Hall–Kier alpha value is -0.900. The normalized spacial score (nSPS) is 13.3. The summed E-state index contributed by atoms with van der Waals surface area (Å²) in [6, 6.07) is 0. The fourth-order valence-electron chi connectivity index (χ4n) is 1.95. The molecule has 4 nitrogen and oxygen atoms in total. The average Bonchev–Trinajstić information content (AvgIpc) is 2.71. The molecule has 92 valence electrons. The van der Waals surface area contributed by atoms with Crippen LogP contribution < -0.4 is 5.73 Å². The molecule has 0 spiro atoms. The standard InChI is InChI=1S/C12H24N4/c1-4-11-14-12(16-15-11)6-5-10(7-8-13)9(2)3/h9-10H,4-8,13H2,1-3H3,(H,14,15,16). The van der Waals surface area contributed by atoms with Crippen LogP contribution in [0.15, 0.2) is 0 Å². The highest BCUT2D eigenvalue weighted by molar-refractivity contribution is 4.90. The van der Waals surface area contributed by atoms with Gasteiger partial charge in [0.05, 0.1) is 0 Å². The third-order valence-electron chi connectivity index (χ3n) is 3.13. The Labute approximate surface area is 98.0 Å². The van der Waals surface area contributed by atoms with Crippen LogP contribution in [-0.4, -0.2) is 21.7 Å². The summed E-state index contributed by atoms with van der Waals surface area (Å²) in [5, 5.41) is 7.14. The molecule has 0 aliphatic rings. The molecule has 1 rings (SSSR count). The molecular formula is C12H24N4. The van der Waals surface area contributed by atoms with Gasteiger partial charge >= 0.3 is 0 Å². The fourth-order valence-corrected chi connectivity index (χ4v) is 1.95. The van der Waals surface area contributed by atoms with Crippen molar-refractivity contribution in [2.24, 2.45) is 17.6 Å². The van der Waals surface area contributed by atoms with Crippen molar-refractivity contribution < 1.29 is 0 Å². The van der Waals surface area contributed by atoms with E-state index in [9.17, 15) is 0 Å². The van der Waals surface area contributed by atoms with Crippen LogP contribution in [0.4, 0.5) is 0 Å². The minimum Gasteiger partial charge on any atom is -0.330 e. The van der Waals surface area contributed by atoms with Crippen molar-refractivity contribution in [2.75, 3.05) is 6.54 Å². The van der Waals surface area contributed by atoms with Gasteiger partial charge in [-0.15, -0.1) is 0 Å². The minimum absolute atomic E-state index is 0.692. The number of hydrogen-bond donors (Lipinski definition) is 2.